The molecule has 0 bridgehead atoms. The topological polar surface area (TPSA) is 73.3 Å². The second kappa shape index (κ2) is 8.45. The van der Waals surface area contributed by atoms with Crippen LogP contribution in [0.2, 0.25) is 5.02 Å². The van der Waals surface area contributed by atoms with E-state index in [1.54, 1.807) is 6.07 Å². The van der Waals surface area contributed by atoms with Gasteiger partial charge in [-0.3, -0.25) is 9.78 Å². The molecule has 156 valence electrons. The van der Waals surface area contributed by atoms with Gasteiger partial charge in [-0.25, -0.2) is 8.42 Å². The molecule has 0 amide bonds. The van der Waals surface area contributed by atoms with Crippen LogP contribution < -0.4 is 4.74 Å². The Morgan fingerprint density at radius 3 is 2.37 bits per heavy atom. The average molecular weight is 456 g/mol. The van der Waals surface area contributed by atoms with Crippen molar-refractivity contribution in [2.75, 3.05) is 0 Å². The first-order valence-corrected chi connectivity index (χ1v) is 10.4. The van der Waals surface area contributed by atoms with Crippen LogP contribution in [0.1, 0.15) is 21.5 Å². The third-order valence-electron chi connectivity index (χ3n) is 4.00. The van der Waals surface area contributed by atoms with Crippen LogP contribution in [-0.4, -0.2) is 25.5 Å². The largest absolute Gasteiger partial charge is 0.573 e. The fourth-order valence-electron chi connectivity index (χ4n) is 2.68. The highest BCUT2D eigenvalue weighted by Crippen LogP contribution is 2.27. The molecule has 0 atom stereocenters. The average Bonchev–Trinajstić information content (AvgIpc) is 2.68. The summed E-state index contributed by atoms with van der Waals surface area (Å²) in [5.74, 6) is -1.55. The zero-order chi connectivity index (χ0) is 21.9. The summed E-state index contributed by atoms with van der Waals surface area (Å²) >= 11 is 5.98. The molecule has 3 aromatic rings. The molecule has 0 spiro atoms. The number of carbonyl (C=O) groups excluding carboxylic acids is 1. The van der Waals surface area contributed by atoms with Gasteiger partial charge in [0.1, 0.15) is 5.75 Å². The summed E-state index contributed by atoms with van der Waals surface area (Å²) in [7, 11) is -3.97. The highest BCUT2D eigenvalue weighted by atomic mass is 35.5. The van der Waals surface area contributed by atoms with Gasteiger partial charge < -0.3 is 4.74 Å². The van der Waals surface area contributed by atoms with Gasteiger partial charge in [-0.1, -0.05) is 17.7 Å². The van der Waals surface area contributed by atoms with Gasteiger partial charge in [0.25, 0.3) is 0 Å². The van der Waals surface area contributed by atoms with E-state index >= 15 is 0 Å². The molecule has 0 saturated heterocycles. The van der Waals surface area contributed by atoms with Crippen molar-refractivity contribution in [1.82, 2.24) is 4.98 Å². The molecule has 1 aromatic heterocycles. The van der Waals surface area contributed by atoms with E-state index in [-0.39, 0.29) is 26.6 Å². The van der Waals surface area contributed by atoms with Crippen LogP contribution in [0, 0.1) is 0 Å². The van der Waals surface area contributed by atoms with Crippen LogP contribution in [0.4, 0.5) is 13.2 Å². The zero-order valence-electron chi connectivity index (χ0n) is 15.1. The van der Waals surface area contributed by atoms with Crippen LogP contribution in [0.25, 0.3) is 0 Å². The van der Waals surface area contributed by atoms with Crippen LogP contribution in [0.15, 0.2) is 71.9 Å². The number of sulfone groups is 1. The minimum Gasteiger partial charge on any atom is -0.406 e. The number of hydrogen-bond donors (Lipinski definition) is 0. The number of carbonyl (C=O) groups is 1. The van der Waals surface area contributed by atoms with Gasteiger partial charge in [0, 0.05) is 28.5 Å². The van der Waals surface area contributed by atoms with Crippen LogP contribution in [0.3, 0.4) is 0 Å². The molecule has 2 aromatic carbocycles. The highest BCUT2D eigenvalue weighted by molar-refractivity contribution is 7.90. The van der Waals surface area contributed by atoms with Crippen LogP contribution >= 0.6 is 11.6 Å². The lowest BCUT2D eigenvalue weighted by Crippen LogP contribution is -2.17. The van der Waals surface area contributed by atoms with E-state index in [9.17, 15) is 26.4 Å². The second-order valence-corrected chi connectivity index (χ2v) is 8.58. The maximum Gasteiger partial charge on any atom is 0.573 e. The van der Waals surface area contributed by atoms with E-state index in [0.717, 1.165) is 24.3 Å². The Morgan fingerprint density at radius 1 is 1.07 bits per heavy atom. The van der Waals surface area contributed by atoms with Crippen molar-refractivity contribution in [2.45, 2.75) is 17.0 Å². The SMILES string of the molecule is O=C(c1cccnc1)c1cc(Cl)ccc1CS(=O)(=O)c1ccc(OC(F)(F)F)cc1. The van der Waals surface area contributed by atoms with E-state index in [2.05, 4.69) is 9.72 Å². The van der Waals surface area contributed by atoms with Crippen molar-refractivity contribution >= 4 is 27.2 Å². The summed E-state index contributed by atoms with van der Waals surface area (Å²) in [6.45, 7) is 0. The normalized spacial score (nSPS) is 11.9. The Hall–Kier alpha value is -2.91. The molecule has 0 N–H and O–H groups in total. The van der Waals surface area contributed by atoms with E-state index in [1.807, 2.05) is 0 Å². The Labute approximate surface area is 175 Å². The van der Waals surface area contributed by atoms with Crippen molar-refractivity contribution in [3.8, 4) is 5.75 Å². The molecule has 0 fully saturated rings. The second-order valence-electron chi connectivity index (χ2n) is 6.15. The molecule has 0 radical (unpaired) electrons. The number of benzene rings is 2. The third kappa shape index (κ3) is 5.37. The summed E-state index contributed by atoms with van der Waals surface area (Å²) in [4.78, 5) is 16.5. The fraction of sp³-hybridized carbons (Fsp3) is 0.100. The number of hydrogen-bond acceptors (Lipinski definition) is 5. The van der Waals surface area contributed by atoms with Gasteiger partial charge in [-0.15, -0.1) is 13.2 Å². The summed E-state index contributed by atoms with van der Waals surface area (Å²) in [5.41, 5.74) is 0.548. The van der Waals surface area contributed by atoms with Gasteiger partial charge in [-0.2, -0.15) is 0 Å². The molecule has 0 saturated carbocycles. The molecule has 0 aliphatic rings. The lowest BCUT2D eigenvalue weighted by molar-refractivity contribution is -0.274. The molecule has 0 aliphatic heterocycles. The van der Waals surface area contributed by atoms with Crippen LogP contribution in [0.5, 0.6) is 5.75 Å². The number of nitrogens with zero attached hydrogens (tertiary/aromatic N) is 1. The first-order chi connectivity index (χ1) is 14.0. The Morgan fingerprint density at radius 2 is 1.77 bits per heavy atom. The monoisotopic (exact) mass is 455 g/mol. The molecular weight excluding hydrogens is 443 g/mol. The molecule has 5 nitrogen and oxygen atoms in total. The molecule has 0 aliphatic carbocycles. The summed E-state index contributed by atoms with van der Waals surface area (Å²) in [6, 6.07) is 11.2. The molecule has 0 unspecified atom stereocenters. The van der Waals surface area contributed by atoms with E-state index in [4.69, 9.17) is 11.6 Å². The lowest BCUT2D eigenvalue weighted by Gasteiger charge is -2.12. The Bertz CT molecular complexity index is 1160. The Balaban J connectivity index is 1.91. The maximum absolute atomic E-state index is 12.8. The number of ketones is 1. The first-order valence-electron chi connectivity index (χ1n) is 8.37. The fourth-order valence-corrected chi connectivity index (χ4v) is 4.23. The van der Waals surface area contributed by atoms with Crippen molar-refractivity contribution in [3.63, 3.8) is 0 Å². The lowest BCUT2D eigenvalue weighted by atomic mass is 10.0. The predicted molar refractivity (Wildman–Crippen MR) is 103 cm³/mol. The Kier molecular flexibility index (Phi) is 6.14. The van der Waals surface area contributed by atoms with Gasteiger partial charge in [0.05, 0.1) is 10.6 Å². The summed E-state index contributed by atoms with van der Waals surface area (Å²) in [6.07, 6.45) is -2.04. The number of aromatic nitrogens is 1. The minimum absolute atomic E-state index is 0.0936. The zero-order valence-corrected chi connectivity index (χ0v) is 16.6. The number of alkyl halides is 3. The van der Waals surface area contributed by atoms with Crippen LogP contribution in [-0.2, 0) is 15.6 Å². The quantitative estimate of drug-likeness (QED) is 0.497. The van der Waals surface area contributed by atoms with Crippen molar-refractivity contribution in [3.05, 3.63) is 88.7 Å². The number of rotatable bonds is 6. The van der Waals surface area contributed by atoms with Gasteiger partial charge in [0.2, 0.25) is 0 Å². The molecule has 10 heteroatoms. The summed E-state index contributed by atoms with van der Waals surface area (Å²) < 4.78 is 66.1. The van der Waals surface area contributed by atoms with Gasteiger partial charge >= 0.3 is 6.36 Å². The number of halogens is 4. The molecule has 1 heterocycles. The predicted octanol–water partition coefficient (Wildman–Crippen LogP) is 4.84. The van der Waals surface area contributed by atoms with E-state index in [0.29, 0.717) is 0 Å². The molecular formula is C20H13ClF3NO4S. The third-order valence-corrected chi connectivity index (χ3v) is 5.92. The van der Waals surface area contributed by atoms with Crippen molar-refractivity contribution in [1.29, 1.82) is 0 Å². The smallest absolute Gasteiger partial charge is 0.406 e. The maximum atomic E-state index is 12.8. The minimum atomic E-state index is -4.88. The number of ether oxygens (including phenoxy) is 1. The van der Waals surface area contributed by atoms with E-state index in [1.165, 1.54) is 36.7 Å². The molecule has 30 heavy (non-hydrogen) atoms. The standard InChI is InChI=1S/C20H13ClF3NO4S/c21-15-4-3-14(18(10-15)19(26)13-2-1-9-25-11-13)12-30(27,28)17-7-5-16(6-8-17)29-20(22,23)24/h1-11H,12H2. The first kappa shape index (κ1) is 21.8. The highest BCUT2D eigenvalue weighted by Gasteiger charge is 2.31. The number of pyridine rings is 1. The molecule has 3 rings (SSSR count). The van der Waals surface area contributed by atoms with Gasteiger partial charge in [0.15, 0.2) is 15.6 Å². The van der Waals surface area contributed by atoms with Crippen molar-refractivity contribution in [2.24, 2.45) is 0 Å². The van der Waals surface area contributed by atoms with Crippen molar-refractivity contribution < 1.29 is 31.1 Å². The van der Waals surface area contributed by atoms with Gasteiger partial charge in [-0.05, 0) is 54.1 Å². The summed E-state index contributed by atoms with van der Waals surface area (Å²) in [5, 5.41) is 0.247. The van der Waals surface area contributed by atoms with E-state index < -0.39 is 33.5 Å².